The van der Waals surface area contributed by atoms with Gasteiger partial charge >= 0.3 is 5.97 Å². The minimum atomic E-state index is -0.856. The number of carbonyl (C=O) groups excluding carboxylic acids is 2. The third-order valence-corrected chi connectivity index (χ3v) is 4.89. The predicted octanol–water partition coefficient (Wildman–Crippen LogP) is 2.36. The Morgan fingerprint density at radius 1 is 1.21 bits per heavy atom. The van der Waals surface area contributed by atoms with Gasteiger partial charge in [0.2, 0.25) is 5.91 Å². The average molecular weight is 330 g/mol. The number of rotatable bonds is 4. The topological polar surface area (TPSA) is 86.7 Å². The van der Waals surface area contributed by atoms with Crippen molar-refractivity contribution in [1.29, 1.82) is 0 Å². The van der Waals surface area contributed by atoms with Gasteiger partial charge in [0.25, 0.3) is 5.91 Å². The van der Waals surface area contributed by atoms with Crippen molar-refractivity contribution in [3.63, 3.8) is 0 Å². The molecule has 0 aromatic heterocycles. The Hall–Kier alpha value is -2.37. The Labute approximate surface area is 140 Å². The second kappa shape index (κ2) is 6.63. The molecule has 128 valence electrons. The van der Waals surface area contributed by atoms with Crippen molar-refractivity contribution in [2.45, 2.75) is 38.6 Å². The molecule has 0 radical (unpaired) electrons. The number of nitrogens with zero attached hydrogens (tertiary/aromatic N) is 1. The van der Waals surface area contributed by atoms with Crippen LogP contribution in [0.2, 0.25) is 0 Å². The Bertz CT molecular complexity index is 669. The van der Waals surface area contributed by atoms with Crippen molar-refractivity contribution in [3.8, 4) is 0 Å². The fourth-order valence-corrected chi connectivity index (χ4v) is 3.25. The number of benzene rings is 1. The third-order valence-electron chi connectivity index (χ3n) is 4.89. The monoisotopic (exact) mass is 330 g/mol. The lowest BCUT2D eigenvalue weighted by Crippen LogP contribution is -2.49. The molecule has 0 bridgehead atoms. The van der Waals surface area contributed by atoms with E-state index in [2.05, 4.69) is 5.32 Å². The number of amides is 2. The molecule has 2 amide bonds. The molecule has 6 heteroatoms. The van der Waals surface area contributed by atoms with Crippen molar-refractivity contribution in [2.24, 2.45) is 11.8 Å². The summed E-state index contributed by atoms with van der Waals surface area (Å²) in [5, 5.41) is 12.1. The quantitative estimate of drug-likeness (QED) is 0.887. The van der Waals surface area contributed by atoms with E-state index in [1.165, 1.54) is 0 Å². The lowest BCUT2D eigenvalue weighted by atomic mass is 9.90. The molecule has 1 aliphatic carbocycles. The Morgan fingerprint density at radius 3 is 2.62 bits per heavy atom. The number of carboxylic acid groups (broad SMARTS) is 1. The van der Waals surface area contributed by atoms with Gasteiger partial charge in [-0.15, -0.1) is 0 Å². The lowest BCUT2D eigenvalue weighted by Gasteiger charge is -2.37. The molecule has 24 heavy (non-hydrogen) atoms. The molecule has 0 unspecified atom stereocenters. The van der Waals surface area contributed by atoms with Gasteiger partial charge in [0.05, 0.1) is 5.92 Å². The molecule has 2 fully saturated rings. The Morgan fingerprint density at radius 2 is 1.96 bits per heavy atom. The van der Waals surface area contributed by atoms with E-state index in [1.807, 2.05) is 0 Å². The van der Waals surface area contributed by atoms with Gasteiger partial charge in [0.1, 0.15) is 0 Å². The highest BCUT2D eigenvalue weighted by atomic mass is 16.4. The van der Waals surface area contributed by atoms with Crippen molar-refractivity contribution in [2.75, 3.05) is 11.9 Å². The van der Waals surface area contributed by atoms with Crippen LogP contribution in [0.4, 0.5) is 5.69 Å². The van der Waals surface area contributed by atoms with Crippen molar-refractivity contribution >= 4 is 23.5 Å². The molecule has 1 heterocycles. The SMILES string of the molecule is C[C@@H]1[C@H](C(=O)O)CCCN1C(=O)c1cccc(NC(=O)C2CC2)c1. The molecule has 1 aliphatic heterocycles. The molecule has 2 N–H and O–H groups in total. The van der Waals surface area contributed by atoms with Crippen LogP contribution >= 0.6 is 0 Å². The molecule has 2 aliphatic rings. The molecule has 2 atom stereocenters. The average Bonchev–Trinajstić information content (AvgIpc) is 3.39. The van der Waals surface area contributed by atoms with Crippen LogP contribution in [0.15, 0.2) is 24.3 Å². The van der Waals surface area contributed by atoms with E-state index in [0.29, 0.717) is 30.6 Å². The summed E-state index contributed by atoms with van der Waals surface area (Å²) < 4.78 is 0. The first-order valence-electron chi connectivity index (χ1n) is 8.42. The van der Waals surface area contributed by atoms with E-state index < -0.39 is 11.9 Å². The maximum Gasteiger partial charge on any atom is 0.308 e. The predicted molar refractivity (Wildman–Crippen MR) is 88.7 cm³/mol. The molecular formula is C18H22N2O4. The first-order valence-corrected chi connectivity index (χ1v) is 8.42. The lowest BCUT2D eigenvalue weighted by molar-refractivity contribution is -0.145. The van der Waals surface area contributed by atoms with Crippen LogP contribution in [-0.4, -0.2) is 40.4 Å². The van der Waals surface area contributed by atoms with Crippen molar-refractivity contribution in [1.82, 2.24) is 4.90 Å². The second-order valence-corrected chi connectivity index (χ2v) is 6.67. The highest BCUT2D eigenvalue weighted by Crippen LogP contribution is 2.30. The van der Waals surface area contributed by atoms with Crippen LogP contribution in [-0.2, 0) is 9.59 Å². The van der Waals surface area contributed by atoms with Gasteiger partial charge in [-0.1, -0.05) is 6.07 Å². The highest BCUT2D eigenvalue weighted by Gasteiger charge is 2.35. The first kappa shape index (κ1) is 16.5. The largest absolute Gasteiger partial charge is 0.481 e. The number of piperidine rings is 1. The summed E-state index contributed by atoms with van der Waals surface area (Å²) in [6.07, 6.45) is 3.13. The zero-order valence-electron chi connectivity index (χ0n) is 13.7. The van der Waals surface area contributed by atoms with Gasteiger partial charge in [0.15, 0.2) is 0 Å². The number of likely N-dealkylation sites (tertiary alicyclic amines) is 1. The Balaban J connectivity index is 1.74. The van der Waals surface area contributed by atoms with Crippen molar-refractivity contribution in [3.05, 3.63) is 29.8 Å². The highest BCUT2D eigenvalue weighted by molar-refractivity contribution is 5.98. The maximum absolute atomic E-state index is 12.8. The van der Waals surface area contributed by atoms with E-state index in [4.69, 9.17) is 0 Å². The molecular weight excluding hydrogens is 308 g/mol. The summed E-state index contributed by atoms with van der Waals surface area (Å²) in [7, 11) is 0. The smallest absolute Gasteiger partial charge is 0.308 e. The summed E-state index contributed by atoms with van der Waals surface area (Å²) in [4.78, 5) is 37.6. The molecule has 1 aromatic rings. The number of hydrogen-bond acceptors (Lipinski definition) is 3. The van der Waals surface area contributed by atoms with Gasteiger partial charge in [-0.2, -0.15) is 0 Å². The molecule has 1 saturated heterocycles. The van der Waals surface area contributed by atoms with Gasteiger partial charge in [0, 0.05) is 29.8 Å². The van der Waals surface area contributed by atoms with Gasteiger partial charge in [-0.05, 0) is 50.8 Å². The molecule has 0 spiro atoms. The number of carbonyl (C=O) groups is 3. The van der Waals surface area contributed by atoms with E-state index in [9.17, 15) is 19.5 Å². The van der Waals surface area contributed by atoms with Crippen LogP contribution in [0.25, 0.3) is 0 Å². The molecule has 6 nitrogen and oxygen atoms in total. The summed E-state index contributed by atoms with van der Waals surface area (Å²) in [5.74, 6) is -1.47. The second-order valence-electron chi connectivity index (χ2n) is 6.67. The number of carboxylic acids is 1. The summed E-state index contributed by atoms with van der Waals surface area (Å²) in [5.41, 5.74) is 1.08. The van der Waals surface area contributed by atoms with Gasteiger partial charge in [-0.25, -0.2) is 0 Å². The van der Waals surface area contributed by atoms with E-state index in [-0.39, 0.29) is 23.8 Å². The number of aliphatic carboxylic acids is 1. The van der Waals surface area contributed by atoms with E-state index in [1.54, 1.807) is 36.1 Å². The number of hydrogen-bond donors (Lipinski definition) is 2. The van der Waals surface area contributed by atoms with Crippen LogP contribution in [0.3, 0.4) is 0 Å². The number of anilines is 1. The minimum absolute atomic E-state index is 0.00289. The maximum atomic E-state index is 12.8. The zero-order valence-corrected chi connectivity index (χ0v) is 13.7. The normalized spacial score (nSPS) is 23.6. The molecule has 3 rings (SSSR count). The minimum Gasteiger partial charge on any atom is -0.481 e. The van der Waals surface area contributed by atoms with E-state index in [0.717, 1.165) is 12.8 Å². The van der Waals surface area contributed by atoms with Gasteiger partial charge in [-0.3, -0.25) is 14.4 Å². The third kappa shape index (κ3) is 3.42. The van der Waals surface area contributed by atoms with E-state index >= 15 is 0 Å². The summed E-state index contributed by atoms with van der Waals surface area (Å²) in [6, 6.07) is 6.52. The number of nitrogens with one attached hydrogen (secondary N) is 1. The fraction of sp³-hybridized carbons (Fsp3) is 0.500. The summed E-state index contributed by atoms with van der Waals surface area (Å²) >= 11 is 0. The van der Waals surface area contributed by atoms with Gasteiger partial charge < -0.3 is 15.3 Å². The fourth-order valence-electron chi connectivity index (χ4n) is 3.25. The molecule has 1 aromatic carbocycles. The van der Waals surface area contributed by atoms with Crippen LogP contribution in [0.1, 0.15) is 43.0 Å². The Kier molecular flexibility index (Phi) is 4.55. The van der Waals surface area contributed by atoms with Crippen LogP contribution in [0, 0.1) is 11.8 Å². The summed E-state index contributed by atoms with van der Waals surface area (Å²) in [6.45, 7) is 2.34. The van der Waals surface area contributed by atoms with Crippen LogP contribution < -0.4 is 5.32 Å². The zero-order chi connectivity index (χ0) is 17.3. The molecule has 1 saturated carbocycles. The first-order chi connectivity index (χ1) is 11.5. The van der Waals surface area contributed by atoms with Crippen LogP contribution in [0.5, 0.6) is 0 Å². The van der Waals surface area contributed by atoms with Crippen molar-refractivity contribution < 1.29 is 19.5 Å². The standard InChI is InChI=1S/C18H22N2O4/c1-11-15(18(23)24)6-3-9-20(11)17(22)13-4-2-5-14(10-13)19-16(21)12-7-8-12/h2,4-5,10-12,15H,3,6-9H2,1H3,(H,19,21)(H,23,24)/t11-,15-/m1/s1.